The summed E-state index contributed by atoms with van der Waals surface area (Å²) >= 11 is 12.1. The molecule has 0 aliphatic heterocycles. The minimum absolute atomic E-state index is 0.0858. The van der Waals surface area contributed by atoms with Crippen LogP contribution in [0.2, 0.25) is 10.0 Å². The topological polar surface area (TPSA) is 81.7 Å². The summed E-state index contributed by atoms with van der Waals surface area (Å²) < 4.78 is 9.33. The van der Waals surface area contributed by atoms with E-state index in [1.54, 1.807) is 18.2 Å². The standard InChI is InChI=1S/C19H15Cl2NO5/c1-26-18(24)11-6-7-13(19(25)27-2)16(10-11)22-17(23)9-8-12-14(20)4-3-5-15(12)21/h3-10H,1-2H3,(H,22,23). The van der Waals surface area contributed by atoms with E-state index in [-0.39, 0.29) is 16.8 Å². The van der Waals surface area contributed by atoms with Gasteiger partial charge in [0.05, 0.1) is 31.0 Å². The van der Waals surface area contributed by atoms with Crippen LogP contribution < -0.4 is 5.32 Å². The van der Waals surface area contributed by atoms with Crippen molar-refractivity contribution < 1.29 is 23.9 Å². The van der Waals surface area contributed by atoms with Crippen LogP contribution in [0.4, 0.5) is 5.69 Å². The van der Waals surface area contributed by atoms with Gasteiger partial charge in [0.1, 0.15) is 0 Å². The molecule has 0 aliphatic carbocycles. The molecular formula is C19H15Cl2NO5. The van der Waals surface area contributed by atoms with Gasteiger partial charge in [-0.2, -0.15) is 0 Å². The summed E-state index contributed by atoms with van der Waals surface area (Å²) in [6.07, 6.45) is 2.65. The maximum absolute atomic E-state index is 12.3. The van der Waals surface area contributed by atoms with Gasteiger partial charge in [0, 0.05) is 21.7 Å². The van der Waals surface area contributed by atoms with Crippen molar-refractivity contribution in [2.75, 3.05) is 19.5 Å². The Kier molecular flexibility index (Phi) is 6.98. The molecule has 0 fully saturated rings. The highest BCUT2D eigenvalue weighted by Crippen LogP contribution is 2.25. The lowest BCUT2D eigenvalue weighted by Gasteiger charge is -2.10. The maximum atomic E-state index is 12.3. The number of halogens is 2. The Morgan fingerprint density at radius 3 is 2.19 bits per heavy atom. The van der Waals surface area contributed by atoms with Gasteiger partial charge >= 0.3 is 11.9 Å². The third kappa shape index (κ3) is 5.09. The molecule has 0 bridgehead atoms. The molecule has 0 saturated carbocycles. The number of hydrogen-bond acceptors (Lipinski definition) is 5. The number of anilines is 1. The summed E-state index contributed by atoms with van der Waals surface area (Å²) in [5.74, 6) is -1.83. The molecule has 2 aromatic rings. The summed E-state index contributed by atoms with van der Waals surface area (Å²) in [5, 5.41) is 3.30. The molecule has 0 heterocycles. The fourth-order valence-electron chi connectivity index (χ4n) is 2.18. The molecule has 140 valence electrons. The number of methoxy groups -OCH3 is 2. The third-order valence-corrected chi connectivity index (χ3v) is 4.16. The monoisotopic (exact) mass is 407 g/mol. The van der Waals surface area contributed by atoms with Gasteiger partial charge in [0.25, 0.3) is 0 Å². The summed E-state index contributed by atoms with van der Waals surface area (Å²) in [4.78, 5) is 35.9. The van der Waals surface area contributed by atoms with E-state index in [4.69, 9.17) is 23.2 Å². The van der Waals surface area contributed by atoms with Crippen LogP contribution in [0, 0.1) is 0 Å². The Bertz CT molecular complexity index is 904. The van der Waals surface area contributed by atoms with Gasteiger partial charge in [-0.3, -0.25) is 4.79 Å². The predicted octanol–water partition coefficient (Wildman–Crippen LogP) is 4.22. The van der Waals surface area contributed by atoms with Crippen molar-refractivity contribution in [1.82, 2.24) is 0 Å². The number of rotatable bonds is 5. The van der Waals surface area contributed by atoms with Crippen molar-refractivity contribution in [3.63, 3.8) is 0 Å². The molecule has 0 saturated heterocycles. The molecule has 0 aromatic heterocycles. The number of benzene rings is 2. The van der Waals surface area contributed by atoms with Crippen LogP contribution in [0.25, 0.3) is 6.08 Å². The van der Waals surface area contributed by atoms with Gasteiger partial charge in [0.2, 0.25) is 5.91 Å². The Hall–Kier alpha value is -2.83. The first-order chi connectivity index (χ1) is 12.9. The first-order valence-corrected chi connectivity index (χ1v) is 8.36. The van der Waals surface area contributed by atoms with E-state index in [0.29, 0.717) is 15.6 Å². The lowest BCUT2D eigenvalue weighted by molar-refractivity contribution is -0.111. The molecule has 0 radical (unpaired) electrons. The molecule has 0 unspecified atom stereocenters. The Balaban J connectivity index is 2.31. The van der Waals surface area contributed by atoms with E-state index in [9.17, 15) is 14.4 Å². The highest BCUT2D eigenvalue weighted by atomic mass is 35.5. The van der Waals surface area contributed by atoms with Crippen LogP contribution in [-0.2, 0) is 14.3 Å². The zero-order chi connectivity index (χ0) is 20.0. The fourth-order valence-corrected chi connectivity index (χ4v) is 2.71. The summed E-state index contributed by atoms with van der Waals surface area (Å²) in [6.45, 7) is 0. The molecule has 2 aromatic carbocycles. The number of amides is 1. The van der Waals surface area contributed by atoms with E-state index in [0.717, 1.165) is 0 Å². The van der Waals surface area contributed by atoms with Gasteiger partial charge in [-0.25, -0.2) is 9.59 Å². The Morgan fingerprint density at radius 1 is 0.963 bits per heavy atom. The van der Waals surface area contributed by atoms with Crippen molar-refractivity contribution in [1.29, 1.82) is 0 Å². The molecule has 0 spiro atoms. The van der Waals surface area contributed by atoms with Crippen LogP contribution in [-0.4, -0.2) is 32.1 Å². The molecular weight excluding hydrogens is 393 g/mol. The molecule has 2 rings (SSSR count). The minimum Gasteiger partial charge on any atom is -0.465 e. The number of nitrogens with one attached hydrogen (secondary N) is 1. The molecule has 27 heavy (non-hydrogen) atoms. The van der Waals surface area contributed by atoms with Gasteiger partial charge in [0.15, 0.2) is 0 Å². The highest BCUT2D eigenvalue weighted by Gasteiger charge is 2.16. The average Bonchev–Trinajstić information content (AvgIpc) is 2.66. The van der Waals surface area contributed by atoms with Gasteiger partial charge in [-0.15, -0.1) is 0 Å². The highest BCUT2D eigenvalue weighted by molar-refractivity contribution is 6.37. The zero-order valence-electron chi connectivity index (χ0n) is 14.4. The number of ether oxygens (including phenoxy) is 2. The largest absolute Gasteiger partial charge is 0.465 e. The van der Waals surface area contributed by atoms with Crippen molar-refractivity contribution >= 4 is 52.8 Å². The van der Waals surface area contributed by atoms with Crippen LogP contribution in [0.5, 0.6) is 0 Å². The number of esters is 2. The number of carbonyl (C=O) groups excluding carboxylic acids is 3. The smallest absolute Gasteiger partial charge is 0.339 e. The first-order valence-electron chi connectivity index (χ1n) is 7.61. The van der Waals surface area contributed by atoms with Crippen molar-refractivity contribution in [2.45, 2.75) is 0 Å². The second-order valence-corrected chi connectivity index (χ2v) is 6.02. The van der Waals surface area contributed by atoms with E-state index in [1.165, 1.54) is 44.6 Å². The SMILES string of the molecule is COC(=O)c1ccc(C(=O)OC)c(NC(=O)C=Cc2c(Cl)cccc2Cl)c1. The quantitative estimate of drug-likeness (QED) is 0.592. The van der Waals surface area contributed by atoms with E-state index < -0.39 is 17.8 Å². The number of hydrogen-bond donors (Lipinski definition) is 1. The lowest BCUT2D eigenvalue weighted by atomic mass is 10.1. The molecule has 1 N–H and O–H groups in total. The van der Waals surface area contributed by atoms with Crippen LogP contribution >= 0.6 is 23.2 Å². The summed E-state index contributed by atoms with van der Waals surface area (Å²) in [6, 6.07) is 9.05. The van der Waals surface area contributed by atoms with Crippen molar-refractivity contribution in [2.24, 2.45) is 0 Å². The molecule has 8 heteroatoms. The van der Waals surface area contributed by atoms with Crippen molar-refractivity contribution in [3.05, 3.63) is 69.2 Å². The predicted molar refractivity (Wildman–Crippen MR) is 103 cm³/mol. The van der Waals surface area contributed by atoms with Crippen LogP contribution in [0.15, 0.2) is 42.5 Å². The molecule has 0 aliphatic rings. The van der Waals surface area contributed by atoms with E-state index in [1.807, 2.05) is 0 Å². The lowest BCUT2D eigenvalue weighted by Crippen LogP contribution is -2.14. The Labute approximate surface area is 165 Å². The number of carbonyl (C=O) groups is 3. The van der Waals surface area contributed by atoms with E-state index >= 15 is 0 Å². The normalized spacial score (nSPS) is 10.5. The van der Waals surface area contributed by atoms with Gasteiger partial charge < -0.3 is 14.8 Å². The van der Waals surface area contributed by atoms with E-state index in [2.05, 4.69) is 14.8 Å². The molecule has 6 nitrogen and oxygen atoms in total. The average molecular weight is 408 g/mol. The zero-order valence-corrected chi connectivity index (χ0v) is 15.9. The molecule has 1 amide bonds. The van der Waals surface area contributed by atoms with Crippen LogP contribution in [0.1, 0.15) is 26.3 Å². The minimum atomic E-state index is -0.667. The maximum Gasteiger partial charge on any atom is 0.339 e. The third-order valence-electron chi connectivity index (χ3n) is 3.50. The first kappa shape index (κ1) is 20.5. The second kappa shape index (κ2) is 9.21. The second-order valence-electron chi connectivity index (χ2n) is 5.20. The van der Waals surface area contributed by atoms with Crippen molar-refractivity contribution in [3.8, 4) is 0 Å². The van der Waals surface area contributed by atoms with Crippen LogP contribution in [0.3, 0.4) is 0 Å². The fraction of sp³-hybridized carbons (Fsp3) is 0.105. The Morgan fingerprint density at radius 2 is 1.59 bits per heavy atom. The van der Waals surface area contributed by atoms with Gasteiger partial charge in [-0.1, -0.05) is 29.3 Å². The van der Waals surface area contributed by atoms with Gasteiger partial charge in [-0.05, 0) is 36.4 Å². The summed E-state index contributed by atoms with van der Waals surface area (Å²) in [7, 11) is 2.44. The molecule has 0 atom stereocenters. The summed E-state index contributed by atoms with van der Waals surface area (Å²) in [5.41, 5.74) is 0.832.